The van der Waals surface area contributed by atoms with Crippen molar-refractivity contribution in [2.75, 3.05) is 13.1 Å². The van der Waals surface area contributed by atoms with E-state index in [-0.39, 0.29) is 24.2 Å². The number of benzene rings is 1. The maximum atomic E-state index is 13.5. The van der Waals surface area contributed by atoms with Crippen molar-refractivity contribution >= 4 is 16.8 Å². The summed E-state index contributed by atoms with van der Waals surface area (Å²) in [5, 5.41) is 11.7. The van der Waals surface area contributed by atoms with E-state index >= 15 is 0 Å². The third kappa shape index (κ3) is 2.71. The molecule has 4 rings (SSSR count). The number of piperidine rings is 1. The molecule has 0 bridgehead atoms. The summed E-state index contributed by atoms with van der Waals surface area (Å²) in [4.78, 5) is 14.6. The highest BCUT2D eigenvalue weighted by Crippen LogP contribution is 2.39. The fourth-order valence-corrected chi connectivity index (χ4v) is 4.34. The van der Waals surface area contributed by atoms with Crippen LogP contribution >= 0.6 is 0 Å². The molecule has 4 nitrogen and oxygen atoms in total. The average molecular weight is 330 g/mol. The molecular formula is C19H23FN2O2. The molecule has 1 N–H and O–H groups in total. The topological polar surface area (TPSA) is 45.5 Å². The van der Waals surface area contributed by atoms with Crippen molar-refractivity contribution in [1.29, 1.82) is 0 Å². The number of aromatic nitrogens is 1. The standard InChI is InChI=1S/C19H23FN2O2/c20-16-5-4-14-6-9-21(17(14)11-16)13-18(23)22-10-8-19(24)7-2-1-3-15(19)12-22/h4-6,9,11,15,24H,1-3,7-8,10,12-13H2/t15-,19+/m1/s1. The van der Waals surface area contributed by atoms with Gasteiger partial charge in [-0.1, -0.05) is 12.8 Å². The third-order valence-corrected chi connectivity index (χ3v) is 5.82. The van der Waals surface area contributed by atoms with E-state index in [1.54, 1.807) is 6.07 Å². The second-order valence-corrected chi connectivity index (χ2v) is 7.28. The van der Waals surface area contributed by atoms with Crippen molar-refractivity contribution < 1.29 is 14.3 Å². The molecule has 2 atom stereocenters. The van der Waals surface area contributed by atoms with E-state index in [1.807, 2.05) is 21.7 Å². The van der Waals surface area contributed by atoms with Crippen LogP contribution in [0, 0.1) is 11.7 Å². The normalized spacial score (nSPS) is 27.2. The molecule has 1 aliphatic carbocycles. The van der Waals surface area contributed by atoms with Gasteiger partial charge in [-0.25, -0.2) is 4.39 Å². The van der Waals surface area contributed by atoms with Crippen LogP contribution in [0.4, 0.5) is 4.39 Å². The van der Waals surface area contributed by atoms with Crippen LogP contribution in [0.25, 0.3) is 10.9 Å². The van der Waals surface area contributed by atoms with Crippen LogP contribution in [-0.2, 0) is 11.3 Å². The fraction of sp³-hybridized carbons (Fsp3) is 0.526. The van der Waals surface area contributed by atoms with Crippen molar-refractivity contribution in [1.82, 2.24) is 9.47 Å². The Bertz CT molecular complexity index is 772. The number of nitrogens with zero attached hydrogens (tertiary/aromatic N) is 2. The van der Waals surface area contributed by atoms with Crippen molar-refractivity contribution in [3.8, 4) is 0 Å². The van der Waals surface area contributed by atoms with E-state index in [0.29, 0.717) is 19.5 Å². The van der Waals surface area contributed by atoms with E-state index in [9.17, 15) is 14.3 Å². The quantitative estimate of drug-likeness (QED) is 0.920. The van der Waals surface area contributed by atoms with Crippen molar-refractivity contribution in [2.24, 2.45) is 5.92 Å². The number of amides is 1. The van der Waals surface area contributed by atoms with E-state index in [4.69, 9.17) is 0 Å². The summed E-state index contributed by atoms with van der Waals surface area (Å²) >= 11 is 0. The Morgan fingerprint density at radius 2 is 2.17 bits per heavy atom. The average Bonchev–Trinajstić information content (AvgIpc) is 2.96. The molecule has 0 radical (unpaired) electrons. The molecule has 1 saturated carbocycles. The number of carbonyl (C=O) groups is 1. The van der Waals surface area contributed by atoms with E-state index in [1.165, 1.54) is 12.1 Å². The van der Waals surface area contributed by atoms with Crippen LogP contribution in [0.15, 0.2) is 30.5 Å². The Morgan fingerprint density at radius 1 is 1.29 bits per heavy atom. The SMILES string of the molecule is O=C(Cn1ccc2ccc(F)cc21)N1CC[C@@]2(O)CCCC[C@@H]2C1. The summed E-state index contributed by atoms with van der Waals surface area (Å²) in [6.07, 6.45) is 6.59. The van der Waals surface area contributed by atoms with Gasteiger partial charge in [0.2, 0.25) is 5.91 Å². The van der Waals surface area contributed by atoms with E-state index in [2.05, 4.69) is 0 Å². The van der Waals surface area contributed by atoms with Gasteiger partial charge in [-0.3, -0.25) is 4.79 Å². The number of fused-ring (bicyclic) bond motifs is 2. The van der Waals surface area contributed by atoms with Crippen LogP contribution in [0.2, 0.25) is 0 Å². The number of rotatable bonds is 2. The lowest BCUT2D eigenvalue weighted by Gasteiger charge is -2.47. The summed E-state index contributed by atoms with van der Waals surface area (Å²) in [6.45, 7) is 1.47. The largest absolute Gasteiger partial charge is 0.389 e. The minimum absolute atomic E-state index is 0.0457. The number of likely N-dealkylation sites (tertiary alicyclic amines) is 1. The van der Waals surface area contributed by atoms with Crippen LogP contribution in [-0.4, -0.2) is 39.2 Å². The smallest absolute Gasteiger partial charge is 0.242 e. The molecule has 2 aliphatic rings. The zero-order chi connectivity index (χ0) is 16.7. The van der Waals surface area contributed by atoms with Gasteiger partial charge in [0, 0.05) is 25.2 Å². The second kappa shape index (κ2) is 5.88. The molecule has 2 heterocycles. The van der Waals surface area contributed by atoms with Gasteiger partial charge < -0.3 is 14.6 Å². The maximum Gasteiger partial charge on any atom is 0.242 e. The first-order valence-electron chi connectivity index (χ1n) is 8.80. The van der Waals surface area contributed by atoms with Gasteiger partial charge in [-0.05, 0) is 48.9 Å². The van der Waals surface area contributed by atoms with Gasteiger partial charge >= 0.3 is 0 Å². The molecule has 5 heteroatoms. The lowest BCUT2D eigenvalue weighted by Crippen LogP contribution is -2.55. The second-order valence-electron chi connectivity index (χ2n) is 7.28. The molecule has 2 aromatic rings. The maximum absolute atomic E-state index is 13.5. The van der Waals surface area contributed by atoms with Crippen molar-refractivity contribution in [3.63, 3.8) is 0 Å². The first-order chi connectivity index (χ1) is 11.5. The predicted molar refractivity (Wildman–Crippen MR) is 90.0 cm³/mol. The zero-order valence-electron chi connectivity index (χ0n) is 13.7. The Morgan fingerprint density at radius 3 is 3.04 bits per heavy atom. The highest BCUT2D eigenvalue weighted by molar-refractivity contribution is 5.83. The third-order valence-electron chi connectivity index (χ3n) is 5.82. The molecule has 0 spiro atoms. The van der Waals surface area contributed by atoms with E-state index in [0.717, 1.165) is 36.6 Å². The molecule has 1 amide bonds. The molecule has 0 unspecified atom stereocenters. The summed E-state index contributed by atoms with van der Waals surface area (Å²) in [5.41, 5.74) is 0.174. The number of hydrogen-bond donors (Lipinski definition) is 1. The molecule has 2 fully saturated rings. The van der Waals surface area contributed by atoms with Crippen LogP contribution in [0.3, 0.4) is 0 Å². The summed E-state index contributed by atoms with van der Waals surface area (Å²) in [7, 11) is 0. The van der Waals surface area contributed by atoms with Gasteiger partial charge in [0.15, 0.2) is 0 Å². The molecule has 128 valence electrons. The van der Waals surface area contributed by atoms with Crippen LogP contribution in [0.1, 0.15) is 32.1 Å². The zero-order valence-corrected chi connectivity index (χ0v) is 13.7. The monoisotopic (exact) mass is 330 g/mol. The molecule has 1 aromatic carbocycles. The first-order valence-corrected chi connectivity index (χ1v) is 8.80. The molecule has 1 saturated heterocycles. The van der Waals surface area contributed by atoms with Crippen molar-refractivity contribution in [3.05, 3.63) is 36.3 Å². The molecule has 24 heavy (non-hydrogen) atoms. The van der Waals surface area contributed by atoms with Gasteiger partial charge in [-0.15, -0.1) is 0 Å². The Labute approximate surface area is 140 Å². The van der Waals surface area contributed by atoms with Gasteiger partial charge in [-0.2, -0.15) is 0 Å². The van der Waals surface area contributed by atoms with Crippen LogP contribution < -0.4 is 0 Å². The highest BCUT2D eigenvalue weighted by Gasteiger charge is 2.43. The lowest BCUT2D eigenvalue weighted by atomic mass is 9.71. The number of halogens is 1. The van der Waals surface area contributed by atoms with Crippen molar-refractivity contribution in [2.45, 2.75) is 44.2 Å². The minimum Gasteiger partial charge on any atom is -0.389 e. The number of carbonyl (C=O) groups excluding carboxylic acids is 1. The molecule has 1 aromatic heterocycles. The van der Waals surface area contributed by atoms with Gasteiger partial charge in [0.05, 0.1) is 11.1 Å². The summed E-state index contributed by atoms with van der Waals surface area (Å²) in [5.74, 6) is -0.0488. The fourth-order valence-electron chi connectivity index (χ4n) is 4.34. The highest BCUT2D eigenvalue weighted by atomic mass is 19.1. The van der Waals surface area contributed by atoms with Gasteiger partial charge in [0.1, 0.15) is 12.4 Å². The number of hydrogen-bond acceptors (Lipinski definition) is 2. The summed E-state index contributed by atoms with van der Waals surface area (Å²) in [6, 6.07) is 6.54. The Balaban J connectivity index is 1.49. The van der Waals surface area contributed by atoms with Gasteiger partial charge in [0.25, 0.3) is 0 Å². The Kier molecular flexibility index (Phi) is 3.83. The number of aliphatic hydroxyl groups is 1. The first kappa shape index (κ1) is 15.6. The minimum atomic E-state index is -0.571. The lowest BCUT2D eigenvalue weighted by molar-refractivity contribution is -0.143. The van der Waals surface area contributed by atoms with Crippen LogP contribution in [0.5, 0.6) is 0 Å². The molecule has 1 aliphatic heterocycles. The van der Waals surface area contributed by atoms with E-state index < -0.39 is 5.60 Å². The Hall–Kier alpha value is -1.88. The molecular weight excluding hydrogens is 307 g/mol. The summed E-state index contributed by atoms with van der Waals surface area (Å²) < 4.78 is 15.3. The predicted octanol–water partition coefficient (Wildman–Crippen LogP) is 2.93.